The normalized spacial score (nSPS) is 12.3. The molecule has 98 valence electrons. The maximum absolute atomic E-state index is 12.0. The van der Waals surface area contributed by atoms with E-state index in [4.69, 9.17) is 16.7 Å². The number of hydrogen-bond donors (Lipinski definition) is 2. The summed E-state index contributed by atoms with van der Waals surface area (Å²) < 4.78 is 0.724. The quantitative estimate of drug-likeness (QED) is 0.788. The summed E-state index contributed by atoms with van der Waals surface area (Å²) in [4.78, 5) is 23.0. The van der Waals surface area contributed by atoms with E-state index in [2.05, 4.69) is 5.32 Å². The minimum atomic E-state index is -1.05. The lowest BCUT2D eigenvalue weighted by atomic mass is 10.0. The summed E-state index contributed by atoms with van der Waals surface area (Å²) in [5.41, 5.74) is 0.384. The largest absolute Gasteiger partial charge is 0.480 e. The highest BCUT2D eigenvalue weighted by Gasteiger charge is 2.24. The van der Waals surface area contributed by atoms with Crippen molar-refractivity contribution in [2.45, 2.75) is 19.9 Å². The number of carboxylic acid groups (broad SMARTS) is 1. The molecular weight excluding hydrogens is 368 g/mol. The molecule has 0 radical (unpaired) electrons. The van der Waals surface area contributed by atoms with Crippen molar-refractivity contribution in [2.24, 2.45) is 5.92 Å². The van der Waals surface area contributed by atoms with Crippen molar-refractivity contribution in [1.82, 2.24) is 5.32 Å². The van der Waals surface area contributed by atoms with Crippen LogP contribution in [0.2, 0.25) is 5.02 Å². The first-order valence-electron chi connectivity index (χ1n) is 5.31. The standard InChI is InChI=1S/C12H13ClINO3/c1-6(2)10(12(17)18)15-11(16)8-5-7(13)3-4-9(8)14/h3-6,10H,1-2H3,(H,15,16)(H,17,18)/t10-/m0/s1. The molecule has 1 aromatic carbocycles. The van der Waals surface area contributed by atoms with Gasteiger partial charge in [0.1, 0.15) is 6.04 Å². The van der Waals surface area contributed by atoms with Crippen molar-refractivity contribution in [3.63, 3.8) is 0 Å². The monoisotopic (exact) mass is 381 g/mol. The van der Waals surface area contributed by atoms with Gasteiger partial charge >= 0.3 is 5.97 Å². The summed E-state index contributed by atoms with van der Waals surface area (Å²) in [5.74, 6) is -1.67. The SMILES string of the molecule is CC(C)[C@H](NC(=O)c1cc(Cl)ccc1I)C(=O)O. The Bertz CT molecular complexity index is 476. The third-order valence-corrected chi connectivity index (χ3v) is 3.57. The van der Waals surface area contributed by atoms with E-state index in [1.54, 1.807) is 26.0 Å². The van der Waals surface area contributed by atoms with E-state index in [1.807, 2.05) is 22.6 Å². The molecule has 0 fully saturated rings. The van der Waals surface area contributed by atoms with Crippen LogP contribution in [-0.2, 0) is 4.79 Å². The highest BCUT2D eigenvalue weighted by atomic mass is 127. The number of carbonyl (C=O) groups excluding carboxylic acids is 1. The van der Waals surface area contributed by atoms with Crippen LogP contribution in [0.3, 0.4) is 0 Å². The molecule has 0 saturated carbocycles. The molecule has 0 aromatic heterocycles. The maximum atomic E-state index is 12.0. The average Bonchev–Trinajstić information content (AvgIpc) is 2.28. The Balaban J connectivity index is 2.94. The molecule has 0 unspecified atom stereocenters. The molecule has 1 rings (SSSR count). The number of hydrogen-bond acceptors (Lipinski definition) is 2. The highest BCUT2D eigenvalue weighted by molar-refractivity contribution is 14.1. The maximum Gasteiger partial charge on any atom is 0.326 e. The Morgan fingerprint density at radius 2 is 2.00 bits per heavy atom. The van der Waals surface area contributed by atoms with Gasteiger partial charge in [-0.1, -0.05) is 25.4 Å². The number of aliphatic carboxylic acids is 1. The molecule has 1 amide bonds. The Kier molecular flexibility index (Phi) is 5.40. The van der Waals surface area contributed by atoms with Gasteiger partial charge in [0.2, 0.25) is 0 Å². The molecule has 0 aliphatic rings. The summed E-state index contributed by atoms with van der Waals surface area (Å²) in [6, 6.07) is 4.00. The number of carboxylic acids is 1. The van der Waals surface area contributed by atoms with Crippen LogP contribution in [0, 0.1) is 9.49 Å². The Morgan fingerprint density at radius 1 is 1.39 bits per heavy atom. The van der Waals surface area contributed by atoms with E-state index in [0.717, 1.165) is 3.57 Å². The molecule has 1 aromatic rings. The second-order valence-electron chi connectivity index (χ2n) is 4.16. The predicted molar refractivity (Wildman–Crippen MR) is 77.9 cm³/mol. The first kappa shape index (κ1) is 15.2. The van der Waals surface area contributed by atoms with Crippen LogP contribution in [0.1, 0.15) is 24.2 Å². The number of amides is 1. The van der Waals surface area contributed by atoms with Crippen LogP contribution in [-0.4, -0.2) is 23.0 Å². The summed E-state index contributed by atoms with van der Waals surface area (Å²) in [6.07, 6.45) is 0. The molecule has 0 aliphatic heterocycles. The van der Waals surface area contributed by atoms with Crippen molar-refractivity contribution in [2.75, 3.05) is 0 Å². The summed E-state index contributed by atoms with van der Waals surface area (Å²) in [5, 5.41) is 12.0. The number of nitrogens with one attached hydrogen (secondary N) is 1. The molecule has 1 atom stereocenters. The minimum Gasteiger partial charge on any atom is -0.480 e. The Labute approximate surface area is 124 Å². The first-order chi connectivity index (χ1) is 8.32. The lowest BCUT2D eigenvalue weighted by Crippen LogP contribution is -2.44. The van der Waals surface area contributed by atoms with Crippen LogP contribution >= 0.6 is 34.2 Å². The van der Waals surface area contributed by atoms with E-state index in [9.17, 15) is 9.59 Å². The van der Waals surface area contributed by atoms with E-state index >= 15 is 0 Å². The Hall–Kier alpha value is -0.820. The van der Waals surface area contributed by atoms with Crippen molar-refractivity contribution < 1.29 is 14.7 Å². The van der Waals surface area contributed by atoms with Crippen LogP contribution in [0.15, 0.2) is 18.2 Å². The first-order valence-corrected chi connectivity index (χ1v) is 6.77. The number of rotatable bonds is 4. The van der Waals surface area contributed by atoms with Gasteiger partial charge in [-0.3, -0.25) is 4.79 Å². The van der Waals surface area contributed by atoms with E-state index in [0.29, 0.717) is 10.6 Å². The van der Waals surface area contributed by atoms with Crippen molar-refractivity contribution in [3.8, 4) is 0 Å². The van der Waals surface area contributed by atoms with Crippen molar-refractivity contribution in [1.29, 1.82) is 0 Å². The lowest BCUT2D eigenvalue weighted by Gasteiger charge is -2.18. The predicted octanol–water partition coefficient (Wildman–Crippen LogP) is 2.78. The molecule has 0 aliphatic carbocycles. The second-order valence-corrected chi connectivity index (χ2v) is 5.76. The van der Waals surface area contributed by atoms with Crippen LogP contribution in [0.25, 0.3) is 0 Å². The summed E-state index contributed by atoms with van der Waals surface area (Å²) >= 11 is 7.83. The molecule has 0 heterocycles. The van der Waals surface area contributed by atoms with Gasteiger partial charge in [0.05, 0.1) is 5.56 Å². The molecule has 2 N–H and O–H groups in total. The number of benzene rings is 1. The van der Waals surface area contributed by atoms with E-state index in [1.165, 1.54) is 6.07 Å². The van der Waals surface area contributed by atoms with Crippen molar-refractivity contribution in [3.05, 3.63) is 32.4 Å². The van der Waals surface area contributed by atoms with Crippen molar-refractivity contribution >= 4 is 46.1 Å². The molecule has 0 spiro atoms. The summed E-state index contributed by atoms with van der Waals surface area (Å²) in [7, 11) is 0. The molecule has 18 heavy (non-hydrogen) atoms. The van der Waals surface area contributed by atoms with Crippen LogP contribution in [0.4, 0.5) is 0 Å². The minimum absolute atomic E-state index is 0.191. The lowest BCUT2D eigenvalue weighted by molar-refractivity contribution is -0.140. The zero-order valence-corrected chi connectivity index (χ0v) is 12.8. The van der Waals surface area contributed by atoms with Crippen LogP contribution < -0.4 is 5.32 Å². The molecular formula is C12H13ClINO3. The molecule has 0 bridgehead atoms. The number of carbonyl (C=O) groups is 2. The van der Waals surface area contributed by atoms with E-state index in [-0.39, 0.29) is 5.92 Å². The highest BCUT2D eigenvalue weighted by Crippen LogP contribution is 2.18. The Morgan fingerprint density at radius 3 is 2.50 bits per heavy atom. The molecule has 0 saturated heterocycles. The number of halogens is 2. The van der Waals surface area contributed by atoms with Gasteiger partial charge in [-0.25, -0.2) is 4.79 Å². The van der Waals surface area contributed by atoms with Gasteiger partial charge in [-0.05, 0) is 46.7 Å². The van der Waals surface area contributed by atoms with Gasteiger partial charge in [0.25, 0.3) is 5.91 Å². The average molecular weight is 382 g/mol. The fraction of sp³-hybridized carbons (Fsp3) is 0.333. The third-order valence-electron chi connectivity index (χ3n) is 2.39. The topological polar surface area (TPSA) is 66.4 Å². The second kappa shape index (κ2) is 6.38. The fourth-order valence-corrected chi connectivity index (χ4v) is 2.16. The fourth-order valence-electron chi connectivity index (χ4n) is 1.40. The van der Waals surface area contributed by atoms with Gasteiger partial charge in [0, 0.05) is 8.59 Å². The molecule has 4 nitrogen and oxygen atoms in total. The summed E-state index contributed by atoms with van der Waals surface area (Å²) in [6.45, 7) is 3.48. The van der Waals surface area contributed by atoms with Gasteiger partial charge in [0.15, 0.2) is 0 Å². The molecule has 6 heteroatoms. The smallest absolute Gasteiger partial charge is 0.326 e. The third kappa shape index (κ3) is 3.84. The van der Waals surface area contributed by atoms with Gasteiger partial charge in [-0.2, -0.15) is 0 Å². The van der Waals surface area contributed by atoms with Gasteiger partial charge < -0.3 is 10.4 Å². The van der Waals surface area contributed by atoms with Crippen LogP contribution in [0.5, 0.6) is 0 Å². The zero-order valence-electron chi connectivity index (χ0n) is 9.91. The zero-order chi connectivity index (χ0) is 13.9. The van der Waals surface area contributed by atoms with E-state index < -0.39 is 17.9 Å². The van der Waals surface area contributed by atoms with Gasteiger partial charge in [-0.15, -0.1) is 0 Å².